The zero-order valence-corrected chi connectivity index (χ0v) is 17.5. The van der Waals surface area contributed by atoms with Gasteiger partial charge in [-0.3, -0.25) is 9.69 Å². The molecule has 0 N–H and O–H groups in total. The number of nitrogens with zero attached hydrogens (tertiary/aromatic N) is 1. The molecule has 1 aromatic heterocycles. The Labute approximate surface area is 181 Å². The maximum atomic E-state index is 12.8. The molecule has 4 nitrogen and oxygen atoms in total. The second kappa shape index (κ2) is 7.50. The Balaban J connectivity index is 1.42. The molecule has 146 valence electrons. The van der Waals surface area contributed by atoms with E-state index in [2.05, 4.69) is 4.90 Å². The molecule has 5 rings (SSSR count). The largest absolute Gasteiger partial charge is 0.478 e. The van der Waals surface area contributed by atoms with E-state index in [4.69, 9.17) is 32.7 Å². The fourth-order valence-corrected chi connectivity index (χ4v) is 4.47. The van der Waals surface area contributed by atoms with Crippen LogP contribution in [0.2, 0.25) is 10.0 Å². The van der Waals surface area contributed by atoms with Crippen LogP contribution in [-0.2, 0) is 13.1 Å². The molecule has 2 aliphatic rings. The Morgan fingerprint density at radius 2 is 2.03 bits per heavy atom. The molecular formula is C22H15Cl2NO3S. The van der Waals surface area contributed by atoms with Crippen molar-refractivity contribution in [1.82, 2.24) is 4.90 Å². The number of carbonyl (C=O) groups excluding carboxylic acids is 1. The average molecular weight is 444 g/mol. The average Bonchev–Trinajstić information content (AvgIpc) is 3.34. The maximum absolute atomic E-state index is 12.8. The Hall–Kier alpha value is -2.31. The second-order valence-corrected chi connectivity index (χ2v) is 8.68. The molecule has 0 spiro atoms. The van der Waals surface area contributed by atoms with E-state index in [9.17, 15) is 4.79 Å². The lowest BCUT2D eigenvalue weighted by Crippen LogP contribution is -2.31. The monoisotopic (exact) mass is 443 g/mol. The van der Waals surface area contributed by atoms with Gasteiger partial charge in [-0.15, -0.1) is 11.3 Å². The molecule has 0 aliphatic carbocycles. The molecule has 0 bridgehead atoms. The van der Waals surface area contributed by atoms with Crippen LogP contribution in [0.4, 0.5) is 0 Å². The number of carbonyl (C=O) groups is 1. The van der Waals surface area contributed by atoms with Crippen molar-refractivity contribution in [2.45, 2.75) is 13.1 Å². The lowest BCUT2D eigenvalue weighted by molar-refractivity contribution is 0.0873. The quantitative estimate of drug-likeness (QED) is 0.463. The fraction of sp³-hybridized carbons (Fsp3) is 0.136. The topological polar surface area (TPSA) is 38.8 Å². The van der Waals surface area contributed by atoms with Gasteiger partial charge in [-0.1, -0.05) is 35.3 Å². The van der Waals surface area contributed by atoms with Crippen molar-refractivity contribution in [3.8, 4) is 11.5 Å². The highest BCUT2D eigenvalue weighted by Gasteiger charge is 2.33. The third-order valence-corrected chi connectivity index (χ3v) is 6.45. The van der Waals surface area contributed by atoms with E-state index in [1.54, 1.807) is 29.5 Å². The number of hydrogen-bond acceptors (Lipinski definition) is 5. The molecule has 29 heavy (non-hydrogen) atoms. The summed E-state index contributed by atoms with van der Waals surface area (Å²) in [6.07, 6.45) is 1.79. The van der Waals surface area contributed by atoms with Gasteiger partial charge in [-0.25, -0.2) is 0 Å². The first-order valence-corrected chi connectivity index (χ1v) is 10.6. The minimum Gasteiger partial charge on any atom is -0.478 e. The first kappa shape index (κ1) is 18.7. The predicted molar refractivity (Wildman–Crippen MR) is 115 cm³/mol. The minimum absolute atomic E-state index is 0.0993. The summed E-state index contributed by atoms with van der Waals surface area (Å²) in [5.41, 5.74) is 2.50. The number of ether oxygens (including phenoxy) is 2. The highest BCUT2D eigenvalue weighted by atomic mass is 35.5. The van der Waals surface area contributed by atoms with Gasteiger partial charge in [0, 0.05) is 24.0 Å². The third-order valence-electron chi connectivity index (χ3n) is 4.89. The summed E-state index contributed by atoms with van der Waals surface area (Å²) in [5.74, 6) is 1.59. The molecular weight excluding hydrogens is 429 g/mol. The van der Waals surface area contributed by atoms with Crippen LogP contribution in [-0.4, -0.2) is 17.4 Å². The summed E-state index contributed by atoms with van der Waals surface area (Å²) in [6, 6.07) is 13.1. The molecule has 2 aromatic carbocycles. The van der Waals surface area contributed by atoms with E-state index in [0.29, 0.717) is 46.9 Å². The molecule has 0 amide bonds. The standard InChI is InChI=1S/C22H15Cl2NO3S/c23-17-5-3-13(8-18(17)24)10-25-11-16-19(27-12-25)6-4-15-21(26)20(28-22(15)16)9-14-2-1-7-29-14/h1-9H,10-12H2/b20-9-. The highest BCUT2D eigenvalue weighted by Crippen LogP contribution is 2.42. The number of fused-ring (bicyclic) bond motifs is 3. The van der Waals surface area contributed by atoms with E-state index in [1.165, 1.54) is 0 Å². The van der Waals surface area contributed by atoms with Gasteiger partial charge in [0.05, 0.1) is 21.2 Å². The van der Waals surface area contributed by atoms with E-state index < -0.39 is 0 Å². The molecule has 2 aliphatic heterocycles. The highest BCUT2D eigenvalue weighted by molar-refractivity contribution is 7.10. The molecule has 0 atom stereocenters. The molecule has 0 radical (unpaired) electrons. The molecule has 3 aromatic rings. The van der Waals surface area contributed by atoms with Crippen molar-refractivity contribution < 1.29 is 14.3 Å². The lowest BCUT2D eigenvalue weighted by Gasteiger charge is -2.29. The Kier molecular flexibility index (Phi) is 4.84. The molecule has 0 saturated carbocycles. The van der Waals surface area contributed by atoms with Crippen molar-refractivity contribution in [3.05, 3.63) is 85.2 Å². The summed E-state index contributed by atoms with van der Waals surface area (Å²) < 4.78 is 11.9. The van der Waals surface area contributed by atoms with E-state index in [0.717, 1.165) is 21.8 Å². The van der Waals surface area contributed by atoms with E-state index >= 15 is 0 Å². The van der Waals surface area contributed by atoms with Crippen LogP contribution in [0.15, 0.2) is 53.6 Å². The van der Waals surface area contributed by atoms with E-state index in [-0.39, 0.29) is 5.78 Å². The van der Waals surface area contributed by atoms with E-state index in [1.807, 2.05) is 35.7 Å². The van der Waals surface area contributed by atoms with Crippen molar-refractivity contribution in [1.29, 1.82) is 0 Å². The van der Waals surface area contributed by atoms with Crippen LogP contribution in [0.3, 0.4) is 0 Å². The SMILES string of the molecule is O=C1/C(=C/c2cccs2)Oc2c1ccc1c2CN(Cc2ccc(Cl)c(Cl)c2)CO1. The summed E-state index contributed by atoms with van der Waals surface area (Å²) in [5, 5.41) is 3.03. The van der Waals surface area contributed by atoms with Gasteiger partial charge >= 0.3 is 0 Å². The normalized spacial score (nSPS) is 17.0. The Bertz CT molecular complexity index is 1140. The van der Waals surface area contributed by atoms with Crippen LogP contribution < -0.4 is 9.47 Å². The van der Waals surface area contributed by atoms with Gasteiger partial charge in [0.25, 0.3) is 0 Å². The number of allylic oxidation sites excluding steroid dienone is 1. The molecule has 0 saturated heterocycles. The zero-order chi connectivity index (χ0) is 20.0. The Morgan fingerprint density at radius 1 is 1.14 bits per heavy atom. The smallest absolute Gasteiger partial charge is 0.232 e. The van der Waals surface area contributed by atoms with Crippen molar-refractivity contribution in [3.63, 3.8) is 0 Å². The van der Waals surface area contributed by atoms with Crippen molar-refractivity contribution >= 4 is 46.4 Å². The zero-order valence-electron chi connectivity index (χ0n) is 15.2. The fourth-order valence-electron chi connectivity index (χ4n) is 3.50. The number of thiophene rings is 1. The second-order valence-electron chi connectivity index (χ2n) is 6.88. The number of halogens is 2. The van der Waals surface area contributed by atoms with Gasteiger partial charge in [0.2, 0.25) is 5.78 Å². The number of benzene rings is 2. The molecule has 3 heterocycles. The van der Waals surface area contributed by atoms with Crippen LogP contribution in [0, 0.1) is 0 Å². The minimum atomic E-state index is -0.0993. The molecule has 0 unspecified atom stereocenters. The first-order chi connectivity index (χ1) is 14.1. The van der Waals surface area contributed by atoms with Crippen LogP contribution in [0.5, 0.6) is 11.5 Å². The molecule has 0 fully saturated rings. The first-order valence-electron chi connectivity index (χ1n) is 9.01. The maximum Gasteiger partial charge on any atom is 0.232 e. The van der Waals surface area contributed by atoms with Crippen molar-refractivity contribution in [2.24, 2.45) is 0 Å². The summed E-state index contributed by atoms with van der Waals surface area (Å²) >= 11 is 13.7. The summed E-state index contributed by atoms with van der Waals surface area (Å²) in [7, 11) is 0. The van der Waals surface area contributed by atoms with Crippen molar-refractivity contribution in [2.75, 3.05) is 6.73 Å². The summed E-state index contributed by atoms with van der Waals surface area (Å²) in [6.45, 7) is 1.70. The Morgan fingerprint density at radius 3 is 2.83 bits per heavy atom. The van der Waals surface area contributed by atoms with Gasteiger partial charge in [-0.2, -0.15) is 0 Å². The number of Topliss-reactive ketones (excluding diaryl/α,β-unsaturated/α-hetero) is 1. The summed E-state index contributed by atoms with van der Waals surface area (Å²) in [4.78, 5) is 15.9. The van der Waals surface area contributed by atoms with Crippen LogP contribution in [0.25, 0.3) is 6.08 Å². The number of ketones is 1. The third kappa shape index (κ3) is 3.55. The van der Waals surface area contributed by atoms with Gasteiger partial charge in [0.1, 0.15) is 18.2 Å². The lowest BCUT2D eigenvalue weighted by atomic mass is 10.0. The van der Waals surface area contributed by atoms with Gasteiger partial charge in [-0.05, 0) is 41.3 Å². The van der Waals surface area contributed by atoms with Crippen LogP contribution in [0.1, 0.15) is 26.4 Å². The van der Waals surface area contributed by atoms with Crippen LogP contribution >= 0.6 is 34.5 Å². The molecule has 7 heteroatoms. The number of hydrogen-bond donors (Lipinski definition) is 0. The van der Waals surface area contributed by atoms with Gasteiger partial charge in [0.15, 0.2) is 5.76 Å². The predicted octanol–water partition coefficient (Wildman–Crippen LogP) is 6.02. The van der Waals surface area contributed by atoms with Gasteiger partial charge < -0.3 is 9.47 Å². The number of rotatable bonds is 3.